The minimum absolute atomic E-state index is 0.265. The lowest BCUT2D eigenvalue weighted by Gasteiger charge is -2.61. The third kappa shape index (κ3) is 2.99. The molecule has 21 heavy (non-hydrogen) atoms. The lowest BCUT2D eigenvalue weighted by Crippen LogP contribution is -2.57. The van der Waals surface area contributed by atoms with Gasteiger partial charge in [-0.25, -0.2) is 0 Å². The van der Waals surface area contributed by atoms with Crippen LogP contribution in [-0.4, -0.2) is 10.7 Å². The number of hydrogen-bond donors (Lipinski definition) is 1. The molecule has 0 aliphatic heterocycles. The van der Waals surface area contributed by atoms with Gasteiger partial charge in [-0.3, -0.25) is 0 Å². The van der Waals surface area contributed by atoms with E-state index < -0.39 is 5.60 Å². The van der Waals surface area contributed by atoms with E-state index in [0.717, 1.165) is 18.8 Å². The van der Waals surface area contributed by atoms with Crippen molar-refractivity contribution in [3.8, 4) is 0 Å². The molecular weight excluding hydrogens is 256 g/mol. The van der Waals surface area contributed by atoms with E-state index in [1.807, 2.05) is 6.08 Å². The lowest BCUT2D eigenvalue weighted by atomic mass is 9.45. The molecule has 1 nitrogen and oxygen atoms in total. The average molecular weight is 290 g/mol. The van der Waals surface area contributed by atoms with Gasteiger partial charge in [-0.2, -0.15) is 0 Å². The second kappa shape index (κ2) is 5.57. The lowest BCUT2D eigenvalue weighted by molar-refractivity contribution is -0.165. The van der Waals surface area contributed by atoms with Gasteiger partial charge in [0.15, 0.2) is 0 Å². The SMILES string of the molecule is C=C/C(C)=C/C[C@@H]1[C@@]2(C)CCCC(C)(C)C2CC[C@@]1(C)O. The van der Waals surface area contributed by atoms with Crippen molar-refractivity contribution in [2.75, 3.05) is 0 Å². The molecule has 0 aromatic rings. The summed E-state index contributed by atoms with van der Waals surface area (Å²) in [7, 11) is 0. The molecule has 0 aromatic carbocycles. The van der Waals surface area contributed by atoms with Crippen LogP contribution in [-0.2, 0) is 0 Å². The highest BCUT2D eigenvalue weighted by Crippen LogP contribution is 2.62. The number of allylic oxidation sites excluding steroid dienone is 3. The summed E-state index contributed by atoms with van der Waals surface area (Å²) in [6.45, 7) is 15.4. The van der Waals surface area contributed by atoms with Crippen LogP contribution < -0.4 is 0 Å². The minimum atomic E-state index is -0.531. The molecule has 4 atom stereocenters. The molecule has 0 aromatic heterocycles. The van der Waals surface area contributed by atoms with E-state index >= 15 is 0 Å². The minimum Gasteiger partial charge on any atom is -0.390 e. The van der Waals surface area contributed by atoms with E-state index in [9.17, 15) is 5.11 Å². The van der Waals surface area contributed by atoms with E-state index in [0.29, 0.717) is 11.3 Å². The van der Waals surface area contributed by atoms with E-state index in [2.05, 4.69) is 47.3 Å². The first kappa shape index (κ1) is 16.8. The molecule has 2 fully saturated rings. The van der Waals surface area contributed by atoms with Crippen LogP contribution in [0.4, 0.5) is 0 Å². The standard InChI is InChI=1S/C20H34O/c1-7-15(2)9-10-17-19(5)13-8-12-18(3,4)16(19)11-14-20(17,6)21/h7,9,16-17,21H,1,8,10-14H2,2-6H3/b15-9+/t16?,17-,19+,20-/m1/s1. The zero-order valence-corrected chi connectivity index (χ0v) is 14.7. The zero-order valence-electron chi connectivity index (χ0n) is 14.7. The van der Waals surface area contributed by atoms with Gasteiger partial charge in [0.25, 0.3) is 0 Å². The van der Waals surface area contributed by atoms with E-state index in [1.54, 1.807) is 0 Å². The molecule has 0 amide bonds. The van der Waals surface area contributed by atoms with Crippen molar-refractivity contribution in [3.05, 3.63) is 24.3 Å². The molecule has 1 N–H and O–H groups in total. The van der Waals surface area contributed by atoms with Crippen molar-refractivity contribution >= 4 is 0 Å². The number of fused-ring (bicyclic) bond motifs is 1. The van der Waals surface area contributed by atoms with Gasteiger partial charge < -0.3 is 5.11 Å². The molecule has 0 spiro atoms. The first-order valence-corrected chi connectivity index (χ1v) is 8.65. The fourth-order valence-corrected chi connectivity index (χ4v) is 5.53. The van der Waals surface area contributed by atoms with Gasteiger partial charge in [-0.1, -0.05) is 51.5 Å². The van der Waals surface area contributed by atoms with Crippen LogP contribution in [0.3, 0.4) is 0 Å². The van der Waals surface area contributed by atoms with Crippen LogP contribution in [0, 0.1) is 22.7 Å². The Balaban J connectivity index is 2.35. The van der Waals surface area contributed by atoms with Crippen molar-refractivity contribution < 1.29 is 5.11 Å². The van der Waals surface area contributed by atoms with Gasteiger partial charge in [0.05, 0.1) is 5.60 Å². The Kier molecular flexibility index (Phi) is 4.46. The Hall–Kier alpha value is -0.560. The second-order valence-corrected chi connectivity index (χ2v) is 8.74. The van der Waals surface area contributed by atoms with Crippen LogP contribution in [0.1, 0.15) is 73.1 Å². The number of rotatable bonds is 3. The van der Waals surface area contributed by atoms with E-state index in [1.165, 1.54) is 31.3 Å². The molecule has 1 unspecified atom stereocenters. The fraction of sp³-hybridized carbons (Fsp3) is 0.800. The van der Waals surface area contributed by atoms with E-state index in [-0.39, 0.29) is 5.41 Å². The third-order valence-corrected chi connectivity index (χ3v) is 6.76. The molecule has 120 valence electrons. The van der Waals surface area contributed by atoms with Gasteiger partial charge in [-0.05, 0) is 68.6 Å². The molecule has 0 radical (unpaired) electrons. The molecule has 0 heterocycles. The van der Waals surface area contributed by atoms with Crippen LogP contribution in [0.25, 0.3) is 0 Å². The maximum absolute atomic E-state index is 11.0. The molecule has 2 rings (SSSR count). The molecule has 0 bridgehead atoms. The average Bonchev–Trinajstić information content (AvgIpc) is 2.35. The molecule has 1 heteroatoms. The molecule has 2 aliphatic rings. The maximum Gasteiger partial charge on any atom is 0.0656 e. The largest absolute Gasteiger partial charge is 0.390 e. The number of hydrogen-bond acceptors (Lipinski definition) is 1. The Morgan fingerprint density at radius 3 is 2.48 bits per heavy atom. The van der Waals surface area contributed by atoms with Crippen LogP contribution in [0.2, 0.25) is 0 Å². The predicted molar refractivity (Wildman–Crippen MR) is 91.1 cm³/mol. The molecular formula is C20H34O. The zero-order chi connectivity index (χ0) is 15.9. The van der Waals surface area contributed by atoms with E-state index in [4.69, 9.17) is 0 Å². The van der Waals surface area contributed by atoms with Crippen LogP contribution >= 0.6 is 0 Å². The van der Waals surface area contributed by atoms with Gasteiger partial charge in [-0.15, -0.1) is 0 Å². The second-order valence-electron chi connectivity index (χ2n) is 8.74. The van der Waals surface area contributed by atoms with Gasteiger partial charge >= 0.3 is 0 Å². The number of aliphatic hydroxyl groups is 1. The smallest absolute Gasteiger partial charge is 0.0656 e. The Labute approximate surface area is 131 Å². The van der Waals surface area contributed by atoms with Gasteiger partial charge in [0.2, 0.25) is 0 Å². The normalized spacial score (nSPS) is 43.2. The Morgan fingerprint density at radius 2 is 1.86 bits per heavy atom. The molecule has 2 saturated carbocycles. The Morgan fingerprint density at radius 1 is 1.19 bits per heavy atom. The van der Waals surface area contributed by atoms with Crippen molar-refractivity contribution in [1.82, 2.24) is 0 Å². The predicted octanol–water partition coefficient (Wildman–Crippen LogP) is 5.50. The first-order valence-electron chi connectivity index (χ1n) is 8.65. The summed E-state index contributed by atoms with van der Waals surface area (Å²) in [5, 5.41) is 11.0. The highest BCUT2D eigenvalue weighted by atomic mass is 16.3. The maximum atomic E-state index is 11.0. The summed E-state index contributed by atoms with van der Waals surface area (Å²) >= 11 is 0. The highest BCUT2D eigenvalue weighted by Gasteiger charge is 2.57. The first-order chi connectivity index (χ1) is 9.63. The third-order valence-electron chi connectivity index (χ3n) is 6.76. The van der Waals surface area contributed by atoms with Crippen LogP contribution in [0.5, 0.6) is 0 Å². The van der Waals surface area contributed by atoms with Crippen molar-refractivity contribution in [3.63, 3.8) is 0 Å². The summed E-state index contributed by atoms with van der Waals surface area (Å²) in [5.74, 6) is 1.10. The fourth-order valence-electron chi connectivity index (χ4n) is 5.53. The summed E-state index contributed by atoms with van der Waals surface area (Å²) in [6, 6.07) is 0. The van der Waals surface area contributed by atoms with Crippen molar-refractivity contribution in [1.29, 1.82) is 0 Å². The summed E-state index contributed by atoms with van der Waals surface area (Å²) in [5.41, 5.74) is 1.38. The summed E-state index contributed by atoms with van der Waals surface area (Å²) in [4.78, 5) is 0. The van der Waals surface area contributed by atoms with Gasteiger partial charge in [0.1, 0.15) is 0 Å². The van der Waals surface area contributed by atoms with Crippen LogP contribution in [0.15, 0.2) is 24.3 Å². The summed E-state index contributed by atoms with van der Waals surface area (Å²) < 4.78 is 0. The summed E-state index contributed by atoms with van der Waals surface area (Å²) in [6.07, 6.45) is 11.2. The highest BCUT2D eigenvalue weighted by molar-refractivity contribution is 5.15. The van der Waals surface area contributed by atoms with Crippen molar-refractivity contribution in [2.24, 2.45) is 22.7 Å². The molecule has 0 saturated heterocycles. The monoisotopic (exact) mass is 290 g/mol. The quantitative estimate of drug-likeness (QED) is 0.680. The molecule has 2 aliphatic carbocycles. The Bertz CT molecular complexity index is 429. The topological polar surface area (TPSA) is 20.2 Å². The van der Waals surface area contributed by atoms with Gasteiger partial charge in [0, 0.05) is 0 Å². The van der Waals surface area contributed by atoms with Crippen molar-refractivity contribution in [2.45, 2.75) is 78.7 Å².